The summed E-state index contributed by atoms with van der Waals surface area (Å²) in [4.78, 5) is 16.0. The number of fused-ring (bicyclic) bond motifs is 1. The van der Waals surface area contributed by atoms with Gasteiger partial charge in [0.25, 0.3) is 5.91 Å². The number of rotatable bonds is 4. The van der Waals surface area contributed by atoms with Crippen molar-refractivity contribution < 1.29 is 18.3 Å². The Bertz CT molecular complexity index is 812. The van der Waals surface area contributed by atoms with E-state index in [0.717, 1.165) is 0 Å². The Labute approximate surface area is 125 Å². The number of hydrogen-bond donors (Lipinski definition) is 1. The number of nitrogens with one attached hydrogen (secondary N) is 1. The molecule has 1 amide bonds. The van der Waals surface area contributed by atoms with E-state index in [0.29, 0.717) is 28.4 Å². The molecular formula is C16H13FN2O3. The van der Waals surface area contributed by atoms with E-state index in [1.54, 1.807) is 25.1 Å². The predicted octanol–water partition coefficient (Wildman–Crippen LogP) is 3.29. The quantitative estimate of drug-likeness (QED) is 0.803. The maximum atomic E-state index is 12.8. The Morgan fingerprint density at radius 3 is 2.82 bits per heavy atom. The largest absolute Gasteiger partial charge is 0.484 e. The van der Waals surface area contributed by atoms with Crippen LogP contribution in [0.25, 0.3) is 11.1 Å². The maximum Gasteiger partial charge on any atom is 0.262 e. The molecule has 1 aromatic heterocycles. The molecule has 0 radical (unpaired) electrons. The Morgan fingerprint density at radius 2 is 2.05 bits per heavy atom. The first-order chi connectivity index (χ1) is 10.6. The number of carbonyl (C=O) groups is 1. The van der Waals surface area contributed by atoms with Crippen LogP contribution in [0.2, 0.25) is 0 Å². The Hall–Kier alpha value is -2.89. The SMILES string of the molecule is Cc1nc2cc(NC(=O)COc3ccc(F)cc3)ccc2o1. The minimum atomic E-state index is -0.354. The van der Waals surface area contributed by atoms with Crippen molar-refractivity contribution in [2.45, 2.75) is 6.92 Å². The van der Waals surface area contributed by atoms with Crippen LogP contribution in [-0.4, -0.2) is 17.5 Å². The fourth-order valence-corrected chi connectivity index (χ4v) is 2.00. The van der Waals surface area contributed by atoms with Crippen molar-refractivity contribution >= 4 is 22.7 Å². The molecule has 0 saturated heterocycles. The Morgan fingerprint density at radius 1 is 1.27 bits per heavy atom. The molecule has 0 bridgehead atoms. The highest BCUT2D eigenvalue weighted by atomic mass is 19.1. The molecule has 1 heterocycles. The summed E-state index contributed by atoms with van der Waals surface area (Å²) in [6, 6.07) is 10.7. The van der Waals surface area contributed by atoms with Crippen LogP contribution in [0.1, 0.15) is 5.89 Å². The zero-order valence-corrected chi connectivity index (χ0v) is 11.8. The zero-order chi connectivity index (χ0) is 15.5. The lowest BCUT2D eigenvalue weighted by Gasteiger charge is -2.07. The van der Waals surface area contributed by atoms with Crippen LogP contribution in [0.4, 0.5) is 10.1 Å². The summed E-state index contributed by atoms with van der Waals surface area (Å²) in [6.45, 7) is 1.59. The van der Waals surface area contributed by atoms with Gasteiger partial charge in [0.05, 0.1) is 0 Å². The van der Waals surface area contributed by atoms with Crippen LogP contribution < -0.4 is 10.1 Å². The number of amides is 1. The fraction of sp³-hybridized carbons (Fsp3) is 0.125. The molecule has 22 heavy (non-hydrogen) atoms. The Balaban J connectivity index is 1.61. The van der Waals surface area contributed by atoms with Crippen LogP contribution in [0.3, 0.4) is 0 Å². The molecule has 112 valence electrons. The molecular weight excluding hydrogens is 287 g/mol. The van der Waals surface area contributed by atoms with Crippen LogP contribution >= 0.6 is 0 Å². The molecule has 2 aromatic carbocycles. The highest BCUT2D eigenvalue weighted by molar-refractivity contribution is 5.93. The van der Waals surface area contributed by atoms with Gasteiger partial charge >= 0.3 is 0 Å². The molecule has 0 fully saturated rings. The van der Waals surface area contributed by atoms with Crippen molar-refractivity contribution in [3.05, 3.63) is 54.2 Å². The molecule has 3 rings (SSSR count). The summed E-state index contributed by atoms with van der Waals surface area (Å²) < 4.78 is 23.4. The minimum absolute atomic E-state index is 0.165. The van der Waals surface area contributed by atoms with Crippen LogP contribution in [-0.2, 0) is 4.79 Å². The topological polar surface area (TPSA) is 64.4 Å². The van der Waals surface area contributed by atoms with Gasteiger partial charge in [0.2, 0.25) is 0 Å². The van der Waals surface area contributed by atoms with Gasteiger partial charge in [0.1, 0.15) is 17.1 Å². The van der Waals surface area contributed by atoms with Crippen molar-refractivity contribution in [2.75, 3.05) is 11.9 Å². The van der Waals surface area contributed by atoms with E-state index >= 15 is 0 Å². The number of hydrogen-bond acceptors (Lipinski definition) is 4. The summed E-state index contributed by atoms with van der Waals surface area (Å²) in [5, 5.41) is 2.71. The molecule has 0 aliphatic rings. The summed E-state index contributed by atoms with van der Waals surface area (Å²) in [5.74, 6) is 0.328. The third-order valence-corrected chi connectivity index (χ3v) is 2.96. The molecule has 0 aliphatic carbocycles. The van der Waals surface area contributed by atoms with Crippen molar-refractivity contribution in [3.8, 4) is 5.75 Å². The second-order valence-corrected chi connectivity index (χ2v) is 4.71. The lowest BCUT2D eigenvalue weighted by molar-refractivity contribution is -0.118. The lowest BCUT2D eigenvalue weighted by Crippen LogP contribution is -2.20. The number of halogens is 1. The van der Waals surface area contributed by atoms with E-state index in [1.807, 2.05) is 0 Å². The minimum Gasteiger partial charge on any atom is -0.484 e. The number of oxazole rings is 1. The summed E-state index contributed by atoms with van der Waals surface area (Å²) in [5.41, 5.74) is 1.95. The van der Waals surface area contributed by atoms with E-state index in [1.165, 1.54) is 24.3 Å². The first kappa shape index (κ1) is 14.1. The van der Waals surface area contributed by atoms with Gasteiger partial charge in [-0.15, -0.1) is 0 Å². The third-order valence-electron chi connectivity index (χ3n) is 2.96. The van der Waals surface area contributed by atoms with E-state index < -0.39 is 0 Å². The van der Waals surface area contributed by atoms with E-state index in [4.69, 9.17) is 9.15 Å². The molecule has 6 heteroatoms. The smallest absolute Gasteiger partial charge is 0.262 e. The van der Waals surface area contributed by atoms with Crippen molar-refractivity contribution in [2.24, 2.45) is 0 Å². The van der Waals surface area contributed by atoms with E-state index in [-0.39, 0.29) is 18.3 Å². The van der Waals surface area contributed by atoms with Crippen molar-refractivity contribution in [1.82, 2.24) is 4.98 Å². The molecule has 3 aromatic rings. The number of benzene rings is 2. The number of anilines is 1. The van der Waals surface area contributed by atoms with Gasteiger partial charge in [-0.25, -0.2) is 9.37 Å². The van der Waals surface area contributed by atoms with Crippen molar-refractivity contribution in [1.29, 1.82) is 0 Å². The molecule has 5 nitrogen and oxygen atoms in total. The number of carbonyl (C=O) groups excluding carboxylic acids is 1. The molecule has 0 spiro atoms. The zero-order valence-electron chi connectivity index (χ0n) is 11.8. The average Bonchev–Trinajstić information content (AvgIpc) is 2.86. The van der Waals surface area contributed by atoms with Crippen molar-refractivity contribution in [3.63, 3.8) is 0 Å². The molecule has 0 atom stereocenters. The van der Waals surface area contributed by atoms with Crippen LogP contribution in [0.15, 0.2) is 46.9 Å². The van der Waals surface area contributed by atoms with Crippen LogP contribution in [0.5, 0.6) is 5.75 Å². The fourth-order valence-electron chi connectivity index (χ4n) is 2.00. The average molecular weight is 300 g/mol. The first-order valence-corrected chi connectivity index (χ1v) is 6.65. The van der Waals surface area contributed by atoms with Crippen LogP contribution in [0, 0.1) is 12.7 Å². The number of aryl methyl sites for hydroxylation is 1. The van der Waals surface area contributed by atoms with Gasteiger partial charge in [-0.2, -0.15) is 0 Å². The Kier molecular flexibility index (Phi) is 3.74. The van der Waals surface area contributed by atoms with Gasteiger partial charge in [-0.1, -0.05) is 0 Å². The van der Waals surface area contributed by atoms with Gasteiger partial charge in [-0.3, -0.25) is 4.79 Å². The normalized spacial score (nSPS) is 10.6. The molecule has 0 unspecified atom stereocenters. The van der Waals surface area contributed by atoms with Gasteiger partial charge in [0.15, 0.2) is 18.1 Å². The summed E-state index contributed by atoms with van der Waals surface area (Å²) in [7, 11) is 0. The third kappa shape index (κ3) is 3.22. The number of nitrogens with zero attached hydrogens (tertiary/aromatic N) is 1. The van der Waals surface area contributed by atoms with Gasteiger partial charge < -0.3 is 14.5 Å². The standard InChI is InChI=1S/C16H13FN2O3/c1-10-18-14-8-12(4-7-15(14)22-10)19-16(20)9-21-13-5-2-11(17)3-6-13/h2-8H,9H2,1H3,(H,19,20). The predicted molar refractivity (Wildman–Crippen MR) is 79.3 cm³/mol. The number of aromatic nitrogens is 1. The molecule has 1 N–H and O–H groups in total. The first-order valence-electron chi connectivity index (χ1n) is 6.65. The monoisotopic (exact) mass is 300 g/mol. The number of ether oxygens (including phenoxy) is 1. The highest BCUT2D eigenvalue weighted by Crippen LogP contribution is 2.19. The van der Waals surface area contributed by atoms with Gasteiger partial charge in [-0.05, 0) is 42.5 Å². The van der Waals surface area contributed by atoms with E-state index in [9.17, 15) is 9.18 Å². The second-order valence-electron chi connectivity index (χ2n) is 4.71. The molecule has 0 saturated carbocycles. The van der Waals surface area contributed by atoms with Gasteiger partial charge in [0, 0.05) is 12.6 Å². The maximum absolute atomic E-state index is 12.8. The summed E-state index contributed by atoms with van der Waals surface area (Å²) in [6.07, 6.45) is 0. The second kappa shape index (κ2) is 5.85. The lowest BCUT2D eigenvalue weighted by atomic mass is 10.3. The molecule has 0 aliphatic heterocycles. The van der Waals surface area contributed by atoms with E-state index in [2.05, 4.69) is 10.3 Å². The highest BCUT2D eigenvalue weighted by Gasteiger charge is 2.07. The summed E-state index contributed by atoms with van der Waals surface area (Å²) >= 11 is 0.